The number of rotatable bonds is 3. The summed E-state index contributed by atoms with van der Waals surface area (Å²) in [4.78, 5) is 16.2. The first-order valence-corrected chi connectivity index (χ1v) is 7.07. The summed E-state index contributed by atoms with van der Waals surface area (Å²) in [5.74, 6) is 0.0107. The van der Waals surface area contributed by atoms with Gasteiger partial charge in [0.25, 0.3) is 5.91 Å². The summed E-state index contributed by atoms with van der Waals surface area (Å²) < 4.78 is 1.53. The Bertz CT molecular complexity index is 937. The van der Waals surface area contributed by atoms with Crippen LogP contribution in [0.15, 0.2) is 36.5 Å². The van der Waals surface area contributed by atoms with Crippen molar-refractivity contribution in [3.8, 4) is 17.3 Å². The van der Waals surface area contributed by atoms with Gasteiger partial charge in [-0.25, -0.2) is 9.50 Å². The van der Waals surface area contributed by atoms with Crippen molar-refractivity contribution >= 4 is 17.2 Å². The Morgan fingerprint density at radius 3 is 3.00 bits per heavy atom. The van der Waals surface area contributed by atoms with Gasteiger partial charge >= 0.3 is 0 Å². The second kappa shape index (κ2) is 5.77. The highest BCUT2D eigenvalue weighted by atomic mass is 16.1. The molecule has 0 saturated carbocycles. The van der Waals surface area contributed by atoms with Crippen LogP contribution in [0.25, 0.3) is 16.8 Å². The molecule has 3 aromatic rings. The zero-order valence-electron chi connectivity index (χ0n) is 12.4. The molecule has 0 fully saturated rings. The molecule has 0 saturated heterocycles. The lowest BCUT2D eigenvalue weighted by atomic mass is 10.1. The highest BCUT2D eigenvalue weighted by Crippen LogP contribution is 2.22. The van der Waals surface area contributed by atoms with Crippen LogP contribution in [0.5, 0.6) is 0 Å². The molecule has 0 aliphatic rings. The Kier molecular flexibility index (Phi) is 3.65. The number of nitrogens with zero attached hydrogens (tertiary/aromatic N) is 4. The molecular weight excluding hydrogens is 292 g/mol. The molecular formula is C16H14N6O. The number of nitrogen functional groups attached to an aromatic ring is 1. The molecule has 3 N–H and O–H groups in total. The number of carbonyl (C=O) groups is 1. The van der Waals surface area contributed by atoms with Gasteiger partial charge in [0.05, 0.1) is 23.5 Å². The molecule has 7 heteroatoms. The van der Waals surface area contributed by atoms with Crippen LogP contribution in [0.2, 0.25) is 0 Å². The summed E-state index contributed by atoms with van der Waals surface area (Å²) in [6.45, 7) is 2.36. The normalized spacial score (nSPS) is 10.4. The molecule has 0 aliphatic carbocycles. The van der Waals surface area contributed by atoms with Crippen LogP contribution in [0.1, 0.15) is 23.0 Å². The highest BCUT2D eigenvalue weighted by Gasteiger charge is 2.13. The standard InChI is InChI=1S/C16H14N6O/c1-2-19-16(23)12-7-14-15(18)20-13(9-22(14)21-12)11-5-3-4-10(6-11)8-17/h3-7,9H,2H2,1H3,(H2,18,20)(H,19,23). The maximum Gasteiger partial charge on any atom is 0.271 e. The monoisotopic (exact) mass is 306 g/mol. The van der Waals surface area contributed by atoms with E-state index in [-0.39, 0.29) is 17.4 Å². The van der Waals surface area contributed by atoms with E-state index in [1.165, 1.54) is 4.52 Å². The molecule has 1 aromatic carbocycles. The summed E-state index contributed by atoms with van der Waals surface area (Å²) in [5, 5.41) is 15.9. The van der Waals surface area contributed by atoms with E-state index in [0.29, 0.717) is 23.3 Å². The van der Waals surface area contributed by atoms with Gasteiger partial charge in [-0.05, 0) is 19.1 Å². The first-order chi connectivity index (χ1) is 11.1. The first kappa shape index (κ1) is 14.5. The zero-order valence-corrected chi connectivity index (χ0v) is 12.4. The van der Waals surface area contributed by atoms with Crippen molar-refractivity contribution in [2.45, 2.75) is 6.92 Å². The number of amides is 1. The van der Waals surface area contributed by atoms with Gasteiger partial charge < -0.3 is 11.1 Å². The fourth-order valence-corrected chi connectivity index (χ4v) is 2.27. The zero-order chi connectivity index (χ0) is 16.4. The van der Waals surface area contributed by atoms with E-state index in [4.69, 9.17) is 11.0 Å². The fraction of sp³-hybridized carbons (Fsp3) is 0.125. The van der Waals surface area contributed by atoms with E-state index in [0.717, 1.165) is 5.56 Å². The number of fused-ring (bicyclic) bond motifs is 1. The minimum Gasteiger partial charge on any atom is -0.382 e. The number of nitriles is 1. The molecule has 7 nitrogen and oxygen atoms in total. The number of carbonyl (C=O) groups excluding carboxylic acids is 1. The average molecular weight is 306 g/mol. The number of anilines is 1. The van der Waals surface area contributed by atoms with E-state index in [1.54, 1.807) is 30.5 Å². The van der Waals surface area contributed by atoms with Gasteiger partial charge in [0.15, 0.2) is 5.69 Å². The van der Waals surface area contributed by atoms with Gasteiger partial charge in [0.1, 0.15) is 11.3 Å². The van der Waals surface area contributed by atoms with Gasteiger partial charge in [-0.1, -0.05) is 12.1 Å². The number of hydrogen-bond acceptors (Lipinski definition) is 5. The molecule has 2 heterocycles. The molecule has 3 rings (SSSR count). The Balaban J connectivity index is 2.10. The Morgan fingerprint density at radius 1 is 1.43 bits per heavy atom. The summed E-state index contributed by atoms with van der Waals surface area (Å²) in [5.41, 5.74) is 8.70. The van der Waals surface area contributed by atoms with Crippen LogP contribution in [-0.2, 0) is 0 Å². The van der Waals surface area contributed by atoms with Crippen LogP contribution in [-0.4, -0.2) is 27.0 Å². The number of aromatic nitrogens is 3. The van der Waals surface area contributed by atoms with Crippen LogP contribution < -0.4 is 11.1 Å². The number of nitrogens with two attached hydrogens (primary N) is 1. The summed E-state index contributed by atoms with van der Waals surface area (Å²) in [6.07, 6.45) is 1.69. The smallest absolute Gasteiger partial charge is 0.271 e. The van der Waals surface area contributed by atoms with Crippen molar-refractivity contribution in [2.75, 3.05) is 12.3 Å². The van der Waals surface area contributed by atoms with Crippen molar-refractivity contribution in [1.29, 1.82) is 5.26 Å². The molecule has 0 spiro atoms. The second-order valence-electron chi connectivity index (χ2n) is 4.92. The Labute approximate surface area is 132 Å². The van der Waals surface area contributed by atoms with E-state index in [9.17, 15) is 4.79 Å². The molecule has 2 aromatic heterocycles. The molecule has 1 amide bonds. The van der Waals surface area contributed by atoms with Crippen LogP contribution in [0.3, 0.4) is 0 Å². The minimum absolute atomic E-state index is 0.261. The van der Waals surface area contributed by atoms with Crippen LogP contribution >= 0.6 is 0 Å². The Morgan fingerprint density at radius 2 is 2.26 bits per heavy atom. The maximum absolute atomic E-state index is 11.9. The Hall–Kier alpha value is -3.40. The molecule has 0 atom stereocenters. The van der Waals surface area contributed by atoms with Gasteiger partial charge in [0.2, 0.25) is 0 Å². The molecule has 0 bridgehead atoms. The van der Waals surface area contributed by atoms with Gasteiger partial charge in [-0.15, -0.1) is 0 Å². The van der Waals surface area contributed by atoms with Crippen LogP contribution in [0.4, 0.5) is 5.82 Å². The summed E-state index contributed by atoms with van der Waals surface area (Å²) >= 11 is 0. The predicted octanol–water partition coefficient (Wildman–Crippen LogP) is 1.60. The average Bonchev–Trinajstić information content (AvgIpc) is 3.00. The molecule has 114 valence electrons. The third kappa shape index (κ3) is 2.70. The van der Waals surface area contributed by atoms with Crippen LogP contribution in [0, 0.1) is 11.3 Å². The molecule has 0 unspecified atom stereocenters. The number of nitrogens with one attached hydrogen (secondary N) is 1. The number of benzene rings is 1. The third-order valence-corrected chi connectivity index (χ3v) is 3.34. The number of hydrogen-bond donors (Lipinski definition) is 2. The highest BCUT2D eigenvalue weighted by molar-refractivity contribution is 5.94. The predicted molar refractivity (Wildman–Crippen MR) is 85.6 cm³/mol. The van der Waals surface area contributed by atoms with E-state index >= 15 is 0 Å². The van der Waals surface area contributed by atoms with Gasteiger partial charge in [-0.2, -0.15) is 10.4 Å². The third-order valence-electron chi connectivity index (χ3n) is 3.34. The molecule has 23 heavy (non-hydrogen) atoms. The molecule has 0 radical (unpaired) electrons. The fourth-order valence-electron chi connectivity index (χ4n) is 2.27. The van der Waals surface area contributed by atoms with E-state index in [2.05, 4.69) is 21.5 Å². The van der Waals surface area contributed by atoms with Gasteiger partial charge in [0, 0.05) is 18.2 Å². The van der Waals surface area contributed by atoms with Crippen molar-refractivity contribution in [2.24, 2.45) is 0 Å². The van der Waals surface area contributed by atoms with Crippen molar-refractivity contribution in [3.63, 3.8) is 0 Å². The largest absolute Gasteiger partial charge is 0.382 e. The van der Waals surface area contributed by atoms with E-state index in [1.807, 2.05) is 13.0 Å². The topological polar surface area (TPSA) is 109 Å². The lowest BCUT2D eigenvalue weighted by molar-refractivity contribution is 0.0950. The van der Waals surface area contributed by atoms with Gasteiger partial charge in [-0.3, -0.25) is 4.79 Å². The first-order valence-electron chi connectivity index (χ1n) is 7.07. The summed E-state index contributed by atoms with van der Waals surface area (Å²) in [6, 6.07) is 10.7. The minimum atomic E-state index is -0.261. The lowest BCUT2D eigenvalue weighted by Gasteiger charge is -2.04. The van der Waals surface area contributed by atoms with E-state index < -0.39 is 0 Å². The quantitative estimate of drug-likeness (QED) is 0.764. The van der Waals surface area contributed by atoms with Crippen molar-refractivity contribution in [1.82, 2.24) is 19.9 Å². The van der Waals surface area contributed by atoms with Crippen molar-refractivity contribution < 1.29 is 4.79 Å². The maximum atomic E-state index is 11.9. The molecule has 0 aliphatic heterocycles. The second-order valence-corrected chi connectivity index (χ2v) is 4.92. The van der Waals surface area contributed by atoms with Crippen molar-refractivity contribution in [3.05, 3.63) is 47.8 Å². The summed E-state index contributed by atoms with van der Waals surface area (Å²) in [7, 11) is 0. The lowest BCUT2D eigenvalue weighted by Crippen LogP contribution is -2.23. The SMILES string of the molecule is CCNC(=O)c1cc2c(N)nc(-c3cccc(C#N)c3)cn2n1.